The van der Waals surface area contributed by atoms with E-state index in [1.807, 2.05) is 72.8 Å². The third-order valence-electron chi connectivity index (χ3n) is 6.63. The van der Waals surface area contributed by atoms with Gasteiger partial charge in [-0.3, -0.25) is 0 Å². The standard InChI is InChI=1S/C35H26O2/c36-32-24-33-31(34(27-17-9-3-10-18-27)35(37-33)28-19-11-4-12-20-28)23-30(32)29(21-25-13-5-1-6-14-25)22-26-15-7-2-8-16-26/h1-21,23-24,36H,22H2/b29-21+. The van der Waals surface area contributed by atoms with Crippen LogP contribution in [0.5, 0.6) is 5.75 Å². The first-order chi connectivity index (χ1) is 18.3. The minimum atomic E-state index is 0.207. The summed E-state index contributed by atoms with van der Waals surface area (Å²) in [6.07, 6.45) is 2.85. The molecule has 1 heterocycles. The van der Waals surface area contributed by atoms with Crippen LogP contribution >= 0.6 is 0 Å². The van der Waals surface area contributed by atoms with Gasteiger partial charge in [0, 0.05) is 28.1 Å². The van der Waals surface area contributed by atoms with E-state index in [2.05, 4.69) is 60.7 Å². The number of phenols is 1. The number of hydrogen-bond acceptors (Lipinski definition) is 2. The van der Waals surface area contributed by atoms with Crippen molar-refractivity contribution in [3.05, 3.63) is 150 Å². The van der Waals surface area contributed by atoms with Crippen LogP contribution in [0.4, 0.5) is 0 Å². The zero-order valence-corrected chi connectivity index (χ0v) is 20.3. The summed E-state index contributed by atoms with van der Waals surface area (Å²) in [5, 5.41) is 12.3. The van der Waals surface area contributed by atoms with Crippen LogP contribution in [-0.4, -0.2) is 5.11 Å². The molecule has 0 unspecified atom stereocenters. The molecule has 37 heavy (non-hydrogen) atoms. The van der Waals surface area contributed by atoms with Crippen molar-refractivity contribution in [2.24, 2.45) is 0 Å². The smallest absolute Gasteiger partial charge is 0.143 e. The van der Waals surface area contributed by atoms with Crippen LogP contribution in [0.1, 0.15) is 16.7 Å². The molecule has 0 fully saturated rings. The first-order valence-corrected chi connectivity index (χ1v) is 12.5. The molecule has 0 amide bonds. The molecule has 0 spiro atoms. The molecule has 0 saturated carbocycles. The van der Waals surface area contributed by atoms with Crippen molar-refractivity contribution in [1.29, 1.82) is 0 Å². The average Bonchev–Trinajstić information content (AvgIpc) is 3.32. The van der Waals surface area contributed by atoms with Crippen molar-refractivity contribution >= 4 is 22.6 Å². The number of hydrogen-bond donors (Lipinski definition) is 1. The third-order valence-corrected chi connectivity index (χ3v) is 6.63. The number of rotatable bonds is 6. The molecule has 178 valence electrons. The Morgan fingerprint density at radius 2 is 1.22 bits per heavy atom. The number of aromatic hydroxyl groups is 1. The number of fused-ring (bicyclic) bond motifs is 1. The molecule has 2 nitrogen and oxygen atoms in total. The lowest BCUT2D eigenvalue weighted by Crippen LogP contribution is -1.93. The summed E-state index contributed by atoms with van der Waals surface area (Å²) in [4.78, 5) is 0. The Morgan fingerprint density at radius 1 is 0.649 bits per heavy atom. The Kier molecular flexibility index (Phi) is 6.14. The molecule has 0 saturated heterocycles. The molecule has 0 aliphatic heterocycles. The van der Waals surface area contributed by atoms with E-state index >= 15 is 0 Å². The summed E-state index contributed by atoms with van der Waals surface area (Å²) in [5.74, 6) is 1.01. The van der Waals surface area contributed by atoms with Crippen molar-refractivity contribution < 1.29 is 9.52 Å². The fourth-order valence-electron chi connectivity index (χ4n) is 4.86. The quantitative estimate of drug-likeness (QED) is 0.242. The van der Waals surface area contributed by atoms with Crippen molar-refractivity contribution in [2.45, 2.75) is 6.42 Å². The number of phenolic OH excluding ortho intramolecular Hbond substituents is 1. The van der Waals surface area contributed by atoms with E-state index in [0.717, 1.165) is 44.5 Å². The lowest BCUT2D eigenvalue weighted by molar-refractivity contribution is 0.473. The summed E-state index contributed by atoms with van der Waals surface area (Å²) in [6, 6.07) is 44.9. The zero-order valence-electron chi connectivity index (χ0n) is 20.3. The fraction of sp³-hybridized carbons (Fsp3) is 0.0286. The maximum atomic E-state index is 11.3. The van der Waals surface area contributed by atoms with Gasteiger partial charge in [-0.2, -0.15) is 0 Å². The van der Waals surface area contributed by atoms with E-state index in [-0.39, 0.29) is 5.75 Å². The Hall–Kier alpha value is -4.82. The highest BCUT2D eigenvalue weighted by Gasteiger charge is 2.21. The average molecular weight is 479 g/mol. The van der Waals surface area contributed by atoms with Gasteiger partial charge in [-0.15, -0.1) is 0 Å². The van der Waals surface area contributed by atoms with Gasteiger partial charge in [-0.05, 0) is 34.8 Å². The van der Waals surface area contributed by atoms with Gasteiger partial charge in [-0.25, -0.2) is 0 Å². The van der Waals surface area contributed by atoms with Crippen molar-refractivity contribution in [2.75, 3.05) is 0 Å². The van der Waals surface area contributed by atoms with Gasteiger partial charge in [0.25, 0.3) is 0 Å². The Morgan fingerprint density at radius 3 is 1.86 bits per heavy atom. The molecule has 0 atom stereocenters. The second-order valence-electron chi connectivity index (χ2n) is 9.15. The van der Waals surface area contributed by atoms with Crippen LogP contribution in [0.3, 0.4) is 0 Å². The second kappa shape index (κ2) is 10.0. The minimum absolute atomic E-state index is 0.207. The Bertz CT molecular complexity index is 1660. The van der Waals surface area contributed by atoms with Crippen LogP contribution in [-0.2, 0) is 6.42 Å². The first kappa shape index (κ1) is 22.6. The predicted octanol–water partition coefficient (Wildman–Crippen LogP) is 9.26. The molecule has 1 aromatic heterocycles. The minimum Gasteiger partial charge on any atom is -0.507 e. The van der Waals surface area contributed by atoms with Gasteiger partial charge in [-0.1, -0.05) is 127 Å². The number of furan rings is 1. The summed E-state index contributed by atoms with van der Waals surface area (Å²) >= 11 is 0. The Labute approximate surface area is 216 Å². The maximum absolute atomic E-state index is 11.3. The van der Waals surface area contributed by atoms with E-state index in [0.29, 0.717) is 12.0 Å². The molecule has 5 aromatic carbocycles. The third kappa shape index (κ3) is 4.70. The molecule has 6 rings (SSSR count). The predicted molar refractivity (Wildman–Crippen MR) is 153 cm³/mol. The summed E-state index contributed by atoms with van der Waals surface area (Å²) in [5.41, 5.74) is 7.89. The first-order valence-electron chi connectivity index (χ1n) is 12.5. The van der Waals surface area contributed by atoms with Gasteiger partial charge in [0.2, 0.25) is 0 Å². The normalized spacial score (nSPS) is 11.6. The van der Waals surface area contributed by atoms with Crippen LogP contribution in [0.15, 0.2) is 138 Å². The van der Waals surface area contributed by atoms with Gasteiger partial charge < -0.3 is 9.52 Å². The molecule has 6 aromatic rings. The highest BCUT2D eigenvalue weighted by Crippen LogP contribution is 2.44. The van der Waals surface area contributed by atoms with Crippen molar-refractivity contribution in [3.63, 3.8) is 0 Å². The van der Waals surface area contributed by atoms with E-state index in [1.54, 1.807) is 6.07 Å². The SMILES string of the molecule is Oc1cc2oc(-c3ccccc3)c(-c3ccccc3)c2cc1/C(=C/c1ccccc1)Cc1ccccc1. The number of allylic oxidation sites excluding steroid dienone is 1. The fourth-order valence-corrected chi connectivity index (χ4v) is 4.86. The highest BCUT2D eigenvalue weighted by molar-refractivity contribution is 6.04. The van der Waals surface area contributed by atoms with Crippen molar-refractivity contribution in [3.8, 4) is 28.2 Å². The largest absolute Gasteiger partial charge is 0.507 e. The summed E-state index contributed by atoms with van der Waals surface area (Å²) in [6.45, 7) is 0. The van der Waals surface area contributed by atoms with Crippen LogP contribution in [0, 0.1) is 0 Å². The molecule has 0 aliphatic rings. The number of benzene rings is 5. The van der Waals surface area contributed by atoms with Crippen LogP contribution in [0.2, 0.25) is 0 Å². The summed E-state index contributed by atoms with van der Waals surface area (Å²) in [7, 11) is 0. The highest BCUT2D eigenvalue weighted by atomic mass is 16.3. The lowest BCUT2D eigenvalue weighted by Gasteiger charge is -2.12. The van der Waals surface area contributed by atoms with Gasteiger partial charge >= 0.3 is 0 Å². The molecule has 1 N–H and O–H groups in total. The molecule has 2 heteroatoms. The molecular weight excluding hydrogens is 452 g/mol. The van der Waals surface area contributed by atoms with E-state index in [9.17, 15) is 5.11 Å². The van der Waals surface area contributed by atoms with E-state index in [4.69, 9.17) is 4.42 Å². The topological polar surface area (TPSA) is 33.4 Å². The maximum Gasteiger partial charge on any atom is 0.143 e. The van der Waals surface area contributed by atoms with Crippen molar-refractivity contribution in [1.82, 2.24) is 0 Å². The molecular formula is C35H26O2. The lowest BCUT2D eigenvalue weighted by atomic mass is 9.92. The Balaban J connectivity index is 1.59. The molecule has 0 aliphatic carbocycles. The second-order valence-corrected chi connectivity index (χ2v) is 9.15. The van der Waals surface area contributed by atoms with E-state index < -0.39 is 0 Å². The van der Waals surface area contributed by atoms with Crippen LogP contribution in [0.25, 0.3) is 45.1 Å². The monoisotopic (exact) mass is 478 g/mol. The van der Waals surface area contributed by atoms with Crippen LogP contribution < -0.4 is 0 Å². The molecule has 0 bridgehead atoms. The van der Waals surface area contributed by atoms with E-state index in [1.165, 1.54) is 5.56 Å². The zero-order chi connectivity index (χ0) is 25.0. The van der Waals surface area contributed by atoms with Gasteiger partial charge in [0.15, 0.2) is 0 Å². The van der Waals surface area contributed by atoms with Gasteiger partial charge in [0.05, 0.1) is 0 Å². The summed E-state index contributed by atoms with van der Waals surface area (Å²) < 4.78 is 6.41. The van der Waals surface area contributed by atoms with Gasteiger partial charge in [0.1, 0.15) is 17.1 Å². The molecule has 0 radical (unpaired) electrons.